The van der Waals surface area contributed by atoms with Crippen LogP contribution in [0.4, 0.5) is 0 Å². The van der Waals surface area contributed by atoms with E-state index in [0.29, 0.717) is 0 Å². The molecular weight excluding hydrogens is 140 g/mol. The van der Waals surface area contributed by atoms with Gasteiger partial charge in [0, 0.05) is 5.92 Å². The number of hydrogen-bond acceptors (Lipinski definition) is 2. The largest absolute Gasteiger partial charge is 0.299 e. The summed E-state index contributed by atoms with van der Waals surface area (Å²) in [4.78, 5) is 21.0. The Hall–Kier alpha value is -0.920. The molecule has 1 radical (unpaired) electrons. The van der Waals surface area contributed by atoms with Crippen molar-refractivity contribution in [1.29, 1.82) is 0 Å². The first-order valence-electron chi connectivity index (χ1n) is 3.89. The van der Waals surface area contributed by atoms with Crippen LogP contribution in [0.25, 0.3) is 0 Å². The van der Waals surface area contributed by atoms with E-state index in [1.54, 1.807) is 6.29 Å². The van der Waals surface area contributed by atoms with Crippen LogP contribution in [0.5, 0.6) is 0 Å². The van der Waals surface area contributed by atoms with Crippen LogP contribution >= 0.6 is 0 Å². The molecule has 2 nitrogen and oxygen atoms in total. The Morgan fingerprint density at radius 3 is 3.00 bits per heavy atom. The van der Waals surface area contributed by atoms with Crippen molar-refractivity contribution in [3.05, 3.63) is 12.2 Å². The van der Waals surface area contributed by atoms with Crippen molar-refractivity contribution in [2.24, 2.45) is 5.92 Å². The fourth-order valence-electron chi connectivity index (χ4n) is 1.28. The smallest absolute Gasteiger partial charge is 0.206 e. The van der Waals surface area contributed by atoms with Crippen molar-refractivity contribution >= 4 is 12.1 Å². The first-order valence-corrected chi connectivity index (χ1v) is 3.89. The molecule has 0 saturated heterocycles. The van der Waals surface area contributed by atoms with Crippen LogP contribution in [0.15, 0.2) is 12.2 Å². The summed E-state index contributed by atoms with van der Waals surface area (Å²) in [6, 6.07) is 0. The van der Waals surface area contributed by atoms with Crippen molar-refractivity contribution in [2.45, 2.75) is 25.7 Å². The average molecular weight is 151 g/mol. The highest BCUT2D eigenvalue weighted by Crippen LogP contribution is 2.18. The lowest BCUT2D eigenvalue weighted by molar-refractivity contribution is -0.120. The highest BCUT2D eigenvalue weighted by molar-refractivity contribution is 5.92. The van der Waals surface area contributed by atoms with Gasteiger partial charge >= 0.3 is 0 Å². The Labute approximate surface area is 66.3 Å². The van der Waals surface area contributed by atoms with E-state index >= 15 is 0 Å². The summed E-state index contributed by atoms with van der Waals surface area (Å²) in [5.41, 5.74) is 0. The fraction of sp³-hybridized carbons (Fsp3) is 0.556. The Kier molecular flexibility index (Phi) is 3.02. The minimum absolute atomic E-state index is 0.00907. The number of carbonyl (C=O) groups excluding carboxylic acids is 2. The number of Topliss-reactive ketones (excluding diaryl/α,β-unsaturated/α-hetero) is 1. The molecule has 1 atom stereocenters. The van der Waals surface area contributed by atoms with Crippen molar-refractivity contribution in [1.82, 2.24) is 0 Å². The summed E-state index contributed by atoms with van der Waals surface area (Å²) in [6.45, 7) is 0. The normalized spacial score (nSPS) is 23.1. The SMILES string of the molecule is O=[C]CC(=O)C1C=CCCC1. The van der Waals surface area contributed by atoms with Gasteiger partial charge in [-0.3, -0.25) is 9.59 Å². The van der Waals surface area contributed by atoms with Crippen molar-refractivity contribution < 1.29 is 9.59 Å². The molecule has 0 bridgehead atoms. The monoisotopic (exact) mass is 151 g/mol. The van der Waals surface area contributed by atoms with Gasteiger partial charge in [0.2, 0.25) is 6.29 Å². The molecule has 1 aliphatic carbocycles. The maximum absolute atomic E-state index is 11.1. The third-order valence-electron chi connectivity index (χ3n) is 1.91. The molecule has 0 spiro atoms. The minimum atomic E-state index is -0.0466. The predicted molar refractivity (Wildman–Crippen MR) is 41.8 cm³/mol. The van der Waals surface area contributed by atoms with E-state index in [9.17, 15) is 9.59 Å². The van der Waals surface area contributed by atoms with Gasteiger partial charge in [0.05, 0.1) is 6.42 Å². The third kappa shape index (κ3) is 2.30. The minimum Gasteiger partial charge on any atom is -0.299 e. The second-order valence-corrected chi connectivity index (χ2v) is 2.75. The summed E-state index contributed by atoms with van der Waals surface area (Å²) < 4.78 is 0. The van der Waals surface area contributed by atoms with Crippen LogP contribution in [-0.4, -0.2) is 12.1 Å². The van der Waals surface area contributed by atoms with Gasteiger partial charge in [-0.15, -0.1) is 0 Å². The number of allylic oxidation sites excluding steroid dienone is 2. The molecule has 0 amide bonds. The van der Waals surface area contributed by atoms with E-state index in [-0.39, 0.29) is 18.1 Å². The zero-order chi connectivity index (χ0) is 8.10. The van der Waals surface area contributed by atoms with Crippen LogP contribution in [0.1, 0.15) is 25.7 Å². The van der Waals surface area contributed by atoms with Gasteiger partial charge in [0.25, 0.3) is 0 Å². The highest BCUT2D eigenvalue weighted by atomic mass is 16.1. The molecule has 0 aromatic heterocycles. The molecule has 11 heavy (non-hydrogen) atoms. The molecule has 0 fully saturated rings. The maximum Gasteiger partial charge on any atom is 0.206 e. The first-order chi connectivity index (χ1) is 5.34. The number of carbonyl (C=O) groups is 1. The molecule has 0 aromatic carbocycles. The van der Waals surface area contributed by atoms with Gasteiger partial charge in [0.1, 0.15) is 5.78 Å². The quantitative estimate of drug-likeness (QED) is 0.451. The molecule has 1 unspecified atom stereocenters. The molecular formula is C9H11O2. The van der Waals surface area contributed by atoms with Gasteiger partial charge in [-0.1, -0.05) is 12.2 Å². The second kappa shape index (κ2) is 4.06. The van der Waals surface area contributed by atoms with Gasteiger partial charge in [-0.25, -0.2) is 0 Å². The number of rotatable bonds is 3. The molecule has 59 valence electrons. The Morgan fingerprint density at radius 1 is 1.64 bits per heavy atom. The number of hydrogen-bond donors (Lipinski definition) is 0. The van der Waals surface area contributed by atoms with Crippen LogP contribution in [0.2, 0.25) is 0 Å². The van der Waals surface area contributed by atoms with Crippen LogP contribution < -0.4 is 0 Å². The van der Waals surface area contributed by atoms with Crippen LogP contribution in [-0.2, 0) is 9.59 Å². The van der Waals surface area contributed by atoms with Crippen molar-refractivity contribution in [2.75, 3.05) is 0 Å². The summed E-state index contributed by atoms with van der Waals surface area (Å²) in [6.07, 6.45) is 8.53. The molecule has 2 heteroatoms. The van der Waals surface area contributed by atoms with Gasteiger partial charge in [-0.2, -0.15) is 0 Å². The fourth-order valence-corrected chi connectivity index (χ4v) is 1.28. The van der Waals surface area contributed by atoms with E-state index in [1.165, 1.54) is 0 Å². The lowest BCUT2D eigenvalue weighted by Gasteiger charge is -2.12. The van der Waals surface area contributed by atoms with Crippen molar-refractivity contribution in [3.8, 4) is 0 Å². The van der Waals surface area contributed by atoms with Gasteiger partial charge in [-0.05, 0) is 19.3 Å². The highest BCUT2D eigenvalue weighted by Gasteiger charge is 2.16. The summed E-state index contributed by atoms with van der Waals surface area (Å²) >= 11 is 0. The van der Waals surface area contributed by atoms with Crippen LogP contribution in [0.3, 0.4) is 0 Å². The standard InChI is InChI=1S/C9H11O2/c10-7-6-9(11)8-4-2-1-3-5-8/h2,4,8H,1,3,5-6H2. The van der Waals surface area contributed by atoms with E-state index in [1.807, 2.05) is 12.2 Å². The van der Waals surface area contributed by atoms with Gasteiger partial charge < -0.3 is 0 Å². The zero-order valence-corrected chi connectivity index (χ0v) is 6.38. The van der Waals surface area contributed by atoms with E-state index in [2.05, 4.69) is 0 Å². The molecule has 1 aliphatic rings. The topological polar surface area (TPSA) is 34.1 Å². The zero-order valence-electron chi connectivity index (χ0n) is 6.38. The predicted octanol–water partition coefficient (Wildman–Crippen LogP) is 1.41. The van der Waals surface area contributed by atoms with E-state index < -0.39 is 0 Å². The van der Waals surface area contributed by atoms with Gasteiger partial charge in [0.15, 0.2) is 0 Å². The summed E-state index contributed by atoms with van der Waals surface area (Å²) in [5, 5.41) is 0. The van der Waals surface area contributed by atoms with E-state index in [0.717, 1.165) is 19.3 Å². The molecule has 0 heterocycles. The lowest BCUT2D eigenvalue weighted by Crippen LogP contribution is -2.14. The molecule has 1 rings (SSSR count). The first kappa shape index (κ1) is 8.18. The molecule has 0 aliphatic heterocycles. The summed E-state index contributed by atoms with van der Waals surface area (Å²) in [7, 11) is 0. The Bertz CT molecular complexity index is 182. The Morgan fingerprint density at radius 2 is 2.45 bits per heavy atom. The number of ketones is 1. The molecule has 0 N–H and O–H groups in total. The molecule has 0 saturated carbocycles. The average Bonchev–Trinajstić information content (AvgIpc) is 2.07. The second-order valence-electron chi connectivity index (χ2n) is 2.75. The van der Waals surface area contributed by atoms with Crippen LogP contribution in [0, 0.1) is 5.92 Å². The lowest BCUT2D eigenvalue weighted by atomic mass is 9.91. The van der Waals surface area contributed by atoms with E-state index in [4.69, 9.17) is 0 Å². The van der Waals surface area contributed by atoms with Crippen molar-refractivity contribution in [3.63, 3.8) is 0 Å². The maximum atomic E-state index is 11.1. The third-order valence-corrected chi connectivity index (χ3v) is 1.91. The summed E-state index contributed by atoms with van der Waals surface area (Å²) in [5.74, 6) is 0.00106. The molecule has 0 aromatic rings. The Balaban J connectivity index is 2.45.